The van der Waals surface area contributed by atoms with Crippen LogP contribution < -0.4 is 0 Å². The summed E-state index contributed by atoms with van der Waals surface area (Å²) in [5.74, 6) is -0.324. The summed E-state index contributed by atoms with van der Waals surface area (Å²) in [5.41, 5.74) is 0.547. The Kier molecular flexibility index (Phi) is 3.40. The van der Waals surface area contributed by atoms with Crippen molar-refractivity contribution in [1.82, 2.24) is 20.2 Å². The van der Waals surface area contributed by atoms with Crippen LogP contribution in [-0.4, -0.2) is 31.3 Å². The molecule has 19 heavy (non-hydrogen) atoms. The van der Waals surface area contributed by atoms with Crippen LogP contribution >= 0.6 is 15.9 Å². The van der Waals surface area contributed by atoms with E-state index in [1.807, 2.05) is 20.8 Å². The summed E-state index contributed by atoms with van der Waals surface area (Å²) < 4.78 is 2.28. The third kappa shape index (κ3) is 2.65. The highest BCUT2D eigenvalue weighted by Crippen LogP contribution is 2.27. The van der Waals surface area contributed by atoms with Crippen molar-refractivity contribution in [3.63, 3.8) is 0 Å². The molecule has 0 spiro atoms. The fourth-order valence-corrected chi connectivity index (χ4v) is 2.04. The van der Waals surface area contributed by atoms with E-state index in [0.717, 1.165) is 4.47 Å². The minimum absolute atomic E-state index is 0.188. The molecule has 0 aliphatic carbocycles. The van der Waals surface area contributed by atoms with Gasteiger partial charge in [-0.05, 0) is 44.6 Å². The lowest BCUT2D eigenvalue weighted by Crippen LogP contribution is -2.19. The average molecular weight is 325 g/mol. The molecule has 1 heterocycles. The molecule has 0 unspecified atom stereocenters. The van der Waals surface area contributed by atoms with Crippen molar-refractivity contribution in [3.8, 4) is 5.69 Å². The lowest BCUT2D eigenvalue weighted by atomic mass is 9.95. The Morgan fingerprint density at radius 1 is 1.37 bits per heavy atom. The average Bonchev–Trinajstić information content (AvgIpc) is 2.77. The normalized spacial score (nSPS) is 11.6. The third-order valence-corrected chi connectivity index (χ3v) is 3.23. The summed E-state index contributed by atoms with van der Waals surface area (Å²) in [6.07, 6.45) is 0. The van der Waals surface area contributed by atoms with E-state index in [4.69, 9.17) is 5.11 Å². The number of hydrogen-bond acceptors (Lipinski definition) is 4. The van der Waals surface area contributed by atoms with Crippen LogP contribution in [-0.2, 0) is 5.41 Å². The minimum atomic E-state index is -0.987. The fraction of sp³-hybridized carbons (Fsp3) is 0.333. The van der Waals surface area contributed by atoms with E-state index in [1.165, 1.54) is 12.1 Å². The Balaban J connectivity index is 2.62. The largest absolute Gasteiger partial charge is 0.478 e. The first-order valence-electron chi connectivity index (χ1n) is 5.63. The number of carboxylic acid groups (broad SMARTS) is 1. The SMILES string of the molecule is CC(C)(C)c1nnnn1-c1cc(C(=O)O)ccc1Br. The van der Waals surface area contributed by atoms with Crippen molar-refractivity contribution in [2.75, 3.05) is 0 Å². The molecule has 1 aromatic heterocycles. The zero-order valence-electron chi connectivity index (χ0n) is 10.8. The molecule has 0 atom stereocenters. The third-order valence-electron chi connectivity index (χ3n) is 2.56. The maximum absolute atomic E-state index is 11.0. The zero-order chi connectivity index (χ0) is 14.2. The molecule has 0 aliphatic heterocycles. The topological polar surface area (TPSA) is 80.9 Å². The van der Waals surface area contributed by atoms with Gasteiger partial charge < -0.3 is 5.11 Å². The van der Waals surface area contributed by atoms with Crippen LogP contribution in [0.25, 0.3) is 5.69 Å². The van der Waals surface area contributed by atoms with E-state index < -0.39 is 5.97 Å². The maximum atomic E-state index is 11.0. The lowest BCUT2D eigenvalue weighted by Gasteiger charge is -2.17. The summed E-state index contributed by atoms with van der Waals surface area (Å²) in [7, 11) is 0. The predicted octanol–water partition coefficient (Wildman–Crippen LogP) is 2.42. The molecule has 100 valence electrons. The van der Waals surface area contributed by atoms with Crippen molar-refractivity contribution in [1.29, 1.82) is 0 Å². The Morgan fingerprint density at radius 3 is 2.63 bits per heavy atom. The van der Waals surface area contributed by atoms with Gasteiger partial charge >= 0.3 is 5.97 Å². The lowest BCUT2D eigenvalue weighted by molar-refractivity contribution is 0.0697. The van der Waals surface area contributed by atoms with E-state index in [-0.39, 0.29) is 11.0 Å². The van der Waals surface area contributed by atoms with Gasteiger partial charge in [0.15, 0.2) is 5.82 Å². The Hall–Kier alpha value is -1.76. The van der Waals surface area contributed by atoms with Gasteiger partial charge in [-0.25, -0.2) is 4.79 Å². The summed E-state index contributed by atoms with van der Waals surface area (Å²) in [5, 5.41) is 20.7. The Labute approximate surface area is 118 Å². The molecule has 2 rings (SSSR count). The first-order chi connectivity index (χ1) is 8.80. The van der Waals surface area contributed by atoms with Gasteiger partial charge in [0.2, 0.25) is 0 Å². The molecule has 1 aromatic carbocycles. The highest BCUT2D eigenvalue weighted by atomic mass is 79.9. The maximum Gasteiger partial charge on any atom is 0.335 e. The molecule has 2 aromatic rings. The van der Waals surface area contributed by atoms with E-state index >= 15 is 0 Å². The number of tetrazole rings is 1. The van der Waals surface area contributed by atoms with E-state index in [2.05, 4.69) is 31.5 Å². The summed E-state index contributed by atoms with van der Waals surface area (Å²) in [6, 6.07) is 4.74. The Morgan fingerprint density at radius 2 is 2.05 bits per heavy atom. The quantitative estimate of drug-likeness (QED) is 0.917. The molecule has 0 amide bonds. The van der Waals surface area contributed by atoms with Crippen molar-refractivity contribution in [2.45, 2.75) is 26.2 Å². The van der Waals surface area contributed by atoms with E-state index in [9.17, 15) is 4.79 Å². The molecule has 0 fully saturated rings. The fourth-order valence-electron chi connectivity index (χ4n) is 1.63. The molecular formula is C12H13BrN4O2. The summed E-state index contributed by atoms with van der Waals surface area (Å²) in [4.78, 5) is 11.0. The monoisotopic (exact) mass is 324 g/mol. The number of halogens is 1. The van der Waals surface area contributed by atoms with Gasteiger partial charge in [0.1, 0.15) is 0 Å². The van der Waals surface area contributed by atoms with Gasteiger partial charge in [0, 0.05) is 9.89 Å². The van der Waals surface area contributed by atoms with Crippen LogP contribution in [0.4, 0.5) is 0 Å². The highest BCUT2D eigenvalue weighted by Gasteiger charge is 2.24. The van der Waals surface area contributed by atoms with Gasteiger partial charge in [0.05, 0.1) is 11.3 Å². The molecule has 0 saturated carbocycles. The van der Waals surface area contributed by atoms with Crippen molar-refractivity contribution in [2.24, 2.45) is 0 Å². The summed E-state index contributed by atoms with van der Waals surface area (Å²) >= 11 is 3.39. The van der Waals surface area contributed by atoms with Gasteiger partial charge in [-0.2, -0.15) is 4.68 Å². The van der Waals surface area contributed by atoms with Crippen molar-refractivity contribution in [3.05, 3.63) is 34.1 Å². The number of rotatable bonds is 2. The van der Waals surface area contributed by atoms with Gasteiger partial charge in [-0.3, -0.25) is 0 Å². The number of carboxylic acids is 1. The van der Waals surface area contributed by atoms with Crippen LogP contribution in [0.3, 0.4) is 0 Å². The molecular weight excluding hydrogens is 312 g/mol. The van der Waals surface area contributed by atoms with E-state index in [1.54, 1.807) is 10.7 Å². The van der Waals surface area contributed by atoms with E-state index in [0.29, 0.717) is 11.5 Å². The predicted molar refractivity (Wildman–Crippen MR) is 72.5 cm³/mol. The second kappa shape index (κ2) is 4.73. The molecule has 0 radical (unpaired) electrons. The van der Waals surface area contributed by atoms with Crippen molar-refractivity contribution < 1.29 is 9.90 Å². The van der Waals surface area contributed by atoms with Crippen LogP contribution in [0.1, 0.15) is 37.0 Å². The number of aromatic nitrogens is 4. The molecule has 0 bridgehead atoms. The second-order valence-electron chi connectivity index (χ2n) is 5.14. The smallest absolute Gasteiger partial charge is 0.335 e. The number of nitrogens with zero attached hydrogens (tertiary/aromatic N) is 4. The van der Waals surface area contributed by atoms with Gasteiger partial charge in [-0.1, -0.05) is 20.8 Å². The number of carbonyl (C=O) groups is 1. The standard InChI is InChI=1S/C12H13BrN4O2/c1-12(2,3)11-14-15-16-17(11)9-6-7(10(18)19)4-5-8(9)13/h4-6H,1-3H3,(H,18,19). The number of aromatic carboxylic acids is 1. The second-order valence-corrected chi connectivity index (χ2v) is 5.99. The van der Waals surface area contributed by atoms with Crippen LogP contribution in [0.15, 0.2) is 22.7 Å². The van der Waals surface area contributed by atoms with Gasteiger partial charge in [0.25, 0.3) is 0 Å². The van der Waals surface area contributed by atoms with Crippen LogP contribution in [0.2, 0.25) is 0 Å². The highest BCUT2D eigenvalue weighted by molar-refractivity contribution is 9.10. The van der Waals surface area contributed by atoms with Crippen LogP contribution in [0.5, 0.6) is 0 Å². The van der Waals surface area contributed by atoms with Crippen LogP contribution in [0, 0.1) is 0 Å². The van der Waals surface area contributed by atoms with Gasteiger partial charge in [-0.15, -0.1) is 5.10 Å². The Bertz CT molecular complexity index is 631. The first kappa shape index (κ1) is 13.7. The molecule has 1 N–H and O–H groups in total. The first-order valence-corrected chi connectivity index (χ1v) is 6.42. The minimum Gasteiger partial charge on any atom is -0.478 e. The molecule has 7 heteroatoms. The molecule has 0 aliphatic rings. The molecule has 0 saturated heterocycles. The molecule has 6 nitrogen and oxygen atoms in total. The van der Waals surface area contributed by atoms with Crippen molar-refractivity contribution >= 4 is 21.9 Å². The number of benzene rings is 1. The zero-order valence-corrected chi connectivity index (χ0v) is 12.3. The number of hydrogen-bond donors (Lipinski definition) is 1. The summed E-state index contributed by atoms with van der Waals surface area (Å²) in [6.45, 7) is 5.97.